The Bertz CT molecular complexity index is 586. The summed E-state index contributed by atoms with van der Waals surface area (Å²) in [6, 6.07) is 9.80. The van der Waals surface area contributed by atoms with Crippen molar-refractivity contribution in [1.29, 1.82) is 0 Å². The molecule has 1 aliphatic heterocycles. The van der Waals surface area contributed by atoms with E-state index < -0.39 is 12.2 Å². The van der Waals surface area contributed by atoms with Crippen LogP contribution in [-0.2, 0) is 4.74 Å². The van der Waals surface area contributed by atoms with Crippen LogP contribution in [0.25, 0.3) is 11.3 Å². The first-order valence-corrected chi connectivity index (χ1v) is 7.62. The molecule has 6 nitrogen and oxygen atoms in total. The summed E-state index contributed by atoms with van der Waals surface area (Å²) in [6.45, 7) is 5.72. The molecule has 1 aliphatic rings. The zero-order valence-corrected chi connectivity index (χ0v) is 13.2. The van der Waals surface area contributed by atoms with Crippen molar-refractivity contribution in [2.75, 3.05) is 6.61 Å². The van der Waals surface area contributed by atoms with Gasteiger partial charge in [-0.2, -0.15) is 0 Å². The van der Waals surface area contributed by atoms with Crippen molar-refractivity contribution < 1.29 is 14.9 Å². The van der Waals surface area contributed by atoms with E-state index in [1.807, 2.05) is 51.1 Å². The Labute approximate surface area is 130 Å². The Hall–Kier alpha value is -1.76. The third-order valence-corrected chi connectivity index (χ3v) is 3.63. The van der Waals surface area contributed by atoms with Crippen molar-refractivity contribution in [1.82, 2.24) is 15.0 Å². The summed E-state index contributed by atoms with van der Waals surface area (Å²) in [7, 11) is 0. The van der Waals surface area contributed by atoms with Crippen LogP contribution in [0.15, 0.2) is 30.3 Å². The fourth-order valence-electron chi connectivity index (χ4n) is 2.51. The molecule has 2 heterocycles. The van der Waals surface area contributed by atoms with Crippen LogP contribution in [-0.4, -0.2) is 44.0 Å². The maximum Gasteiger partial charge on any atom is 0.155 e. The molecule has 1 saturated heterocycles. The van der Waals surface area contributed by atoms with Crippen LogP contribution in [0.3, 0.4) is 0 Å². The molecule has 3 rings (SSSR count). The fraction of sp³-hybridized carbons (Fsp3) is 0.500. The summed E-state index contributed by atoms with van der Waals surface area (Å²) in [5, 5.41) is 27.2. The number of aromatic nitrogens is 3. The molecular weight excluding hydrogens is 282 g/mol. The summed E-state index contributed by atoms with van der Waals surface area (Å²) in [5.74, 6) is 0. The van der Waals surface area contributed by atoms with Gasteiger partial charge in [-0.3, -0.25) is 0 Å². The topological polar surface area (TPSA) is 80.4 Å². The van der Waals surface area contributed by atoms with Crippen LogP contribution >= 0.6 is 0 Å². The number of aliphatic hydroxyl groups is 2. The van der Waals surface area contributed by atoms with Gasteiger partial charge >= 0.3 is 0 Å². The van der Waals surface area contributed by atoms with Crippen LogP contribution in [0, 0.1) is 6.92 Å². The van der Waals surface area contributed by atoms with Gasteiger partial charge in [-0.1, -0.05) is 49.4 Å². The average molecular weight is 305 g/mol. The molecule has 1 fully saturated rings. The van der Waals surface area contributed by atoms with Crippen LogP contribution in [0.2, 0.25) is 0 Å². The number of aliphatic hydroxyl groups excluding tert-OH is 2. The van der Waals surface area contributed by atoms with E-state index in [9.17, 15) is 5.11 Å². The van der Waals surface area contributed by atoms with E-state index in [-0.39, 0.29) is 12.8 Å². The van der Waals surface area contributed by atoms with Gasteiger partial charge in [0.2, 0.25) is 0 Å². The zero-order chi connectivity index (χ0) is 16.1. The number of nitrogens with zero attached hydrogens (tertiary/aromatic N) is 3. The summed E-state index contributed by atoms with van der Waals surface area (Å²) in [5.41, 5.74) is 2.68. The van der Waals surface area contributed by atoms with E-state index in [1.165, 1.54) is 0 Å². The second kappa shape index (κ2) is 7.49. The van der Waals surface area contributed by atoms with Crippen molar-refractivity contribution in [3.8, 4) is 11.3 Å². The van der Waals surface area contributed by atoms with E-state index >= 15 is 0 Å². The van der Waals surface area contributed by atoms with Gasteiger partial charge in [0, 0.05) is 12.0 Å². The molecular formula is C16H23N3O3. The molecule has 3 atom stereocenters. The number of benzene rings is 1. The largest absolute Gasteiger partial charge is 0.394 e. The van der Waals surface area contributed by atoms with Gasteiger partial charge in [0.1, 0.15) is 11.8 Å². The predicted octanol–water partition coefficient (Wildman–Crippen LogP) is 1.92. The third-order valence-electron chi connectivity index (χ3n) is 3.63. The molecule has 0 saturated carbocycles. The second-order valence-corrected chi connectivity index (χ2v) is 4.95. The van der Waals surface area contributed by atoms with E-state index in [1.54, 1.807) is 4.68 Å². The monoisotopic (exact) mass is 305 g/mol. The normalized spacial score (nSPS) is 24.0. The fourth-order valence-corrected chi connectivity index (χ4v) is 2.51. The maximum absolute atomic E-state index is 9.79. The van der Waals surface area contributed by atoms with Gasteiger partial charge in [0.15, 0.2) is 6.23 Å². The van der Waals surface area contributed by atoms with Crippen LogP contribution in [0.4, 0.5) is 0 Å². The Morgan fingerprint density at radius 1 is 1.27 bits per heavy atom. The molecule has 2 unspecified atom stereocenters. The van der Waals surface area contributed by atoms with Crippen molar-refractivity contribution in [2.24, 2.45) is 0 Å². The number of hydrogen-bond acceptors (Lipinski definition) is 5. The molecule has 0 radical (unpaired) electrons. The molecule has 0 bridgehead atoms. The molecule has 2 N–H and O–H groups in total. The SMILES string of the molecule is CC.Cc1c(-c2ccccc2)nnn1C1C[C@H](O)C(CO)O1. The van der Waals surface area contributed by atoms with Crippen LogP contribution in [0.1, 0.15) is 32.2 Å². The van der Waals surface area contributed by atoms with E-state index in [0.29, 0.717) is 6.42 Å². The maximum atomic E-state index is 9.79. The zero-order valence-electron chi connectivity index (χ0n) is 13.2. The summed E-state index contributed by atoms with van der Waals surface area (Å²) >= 11 is 0. The summed E-state index contributed by atoms with van der Waals surface area (Å²) in [4.78, 5) is 0. The lowest BCUT2D eigenvalue weighted by Gasteiger charge is -2.13. The van der Waals surface area contributed by atoms with E-state index in [4.69, 9.17) is 9.84 Å². The quantitative estimate of drug-likeness (QED) is 0.905. The lowest BCUT2D eigenvalue weighted by atomic mass is 10.1. The lowest BCUT2D eigenvalue weighted by molar-refractivity contribution is -0.0495. The van der Waals surface area contributed by atoms with Crippen molar-refractivity contribution in [3.63, 3.8) is 0 Å². The number of ether oxygens (including phenoxy) is 1. The highest BCUT2D eigenvalue weighted by atomic mass is 16.5. The predicted molar refractivity (Wildman–Crippen MR) is 83.2 cm³/mol. The van der Waals surface area contributed by atoms with Crippen molar-refractivity contribution >= 4 is 0 Å². The molecule has 120 valence electrons. The third kappa shape index (κ3) is 3.19. The van der Waals surface area contributed by atoms with Crippen LogP contribution < -0.4 is 0 Å². The Morgan fingerprint density at radius 3 is 2.55 bits per heavy atom. The summed E-state index contributed by atoms with van der Waals surface area (Å²) < 4.78 is 7.27. The molecule has 22 heavy (non-hydrogen) atoms. The van der Waals surface area contributed by atoms with Crippen molar-refractivity contribution in [2.45, 2.75) is 45.6 Å². The van der Waals surface area contributed by atoms with Gasteiger partial charge in [-0.25, -0.2) is 4.68 Å². The van der Waals surface area contributed by atoms with Crippen LogP contribution in [0.5, 0.6) is 0 Å². The molecule has 2 aromatic rings. The molecule has 0 aliphatic carbocycles. The first-order chi connectivity index (χ1) is 10.7. The average Bonchev–Trinajstić information content (AvgIpc) is 3.12. The second-order valence-electron chi connectivity index (χ2n) is 4.95. The minimum absolute atomic E-state index is 0.197. The molecule has 0 amide bonds. The summed E-state index contributed by atoms with van der Waals surface area (Å²) in [6.07, 6.45) is -1.20. The molecule has 1 aromatic carbocycles. The number of rotatable bonds is 3. The Kier molecular flexibility index (Phi) is 5.65. The minimum atomic E-state index is -0.672. The number of hydrogen-bond donors (Lipinski definition) is 2. The Balaban J connectivity index is 0.000000847. The highest BCUT2D eigenvalue weighted by molar-refractivity contribution is 5.60. The smallest absolute Gasteiger partial charge is 0.155 e. The van der Waals surface area contributed by atoms with E-state index in [2.05, 4.69) is 10.3 Å². The van der Waals surface area contributed by atoms with E-state index in [0.717, 1.165) is 17.0 Å². The van der Waals surface area contributed by atoms with Gasteiger partial charge in [-0.15, -0.1) is 5.10 Å². The highest BCUT2D eigenvalue weighted by Crippen LogP contribution is 2.31. The minimum Gasteiger partial charge on any atom is -0.394 e. The van der Waals surface area contributed by atoms with Gasteiger partial charge < -0.3 is 14.9 Å². The molecule has 0 spiro atoms. The van der Waals surface area contributed by atoms with Gasteiger partial charge in [0.05, 0.1) is 18.4 Å². The highest BCUT2D eigenvalue weighted by Gasteiger charge is 2.36. The lowest BCUT2D eigenvalue weighted by Crippen LogP contribution is -2.24. The first-order valence-electron chi connectivity index (χ1n) is 7.62. The van der Waals surface area contributed by atoms with Crippen molar-refractivity contribution in [3.05, 3.63) is 36.0 Å². The Morgan fingerprint density at radius 2 is 1.95 bits per heavy atom. The van der Waals surface area contributed by atoms with Gasteiger partial charge in [0.25, 0.3) is 0 Å². The first kappa shape index (κ1) is 16.6. The van der Waals surface area contributed by atoms with Gasteiger partial charge in [-0.05, 0) is 6.92 Å². The molecule has 6 heteroatoms. The molecule has 1 aromatic heterocycles. The standard InChI is InChI=1S/C14H17N3O3.C2H6/c1-9-14(10-5-3-2-4-6-10)15-16-17(9)13-7-11(19)12(8-18)20-13;1-2/h2-6,11-13,18-19H,7-8H2,1H3;1-2H3/t11-,12?,13?;/m0./s1.